The third-order valence-corrected chi connectivity index (χ3v) is 2.73. The van der Waals surface area contributed by atoms with Gasteiger partial charge in [0.2, 0.25) is 11.5 Å². The van der Waals surface area contributed by atoms with Gasteiger partial charge in [0, 0.05) is 5.56 Å². The molecule has 1 aliphatic heterocycles. The number of fused-ring (bicyclic) bond motifs is 1. The number of para-hydroxylation sites is 1. The summed E-state index contributed by atoms with van der Waals surface area (Å²) in [4.78, 5) is 11.9. The van der Waals surface area contributed by atoms with Crippen LogP contribution in [0.1, 0.15) is 22.1 Å². The summed E-state index contributed by atoms with van der Waals surface area (Å²) >= 11 is 0. The van der Waals surface area contributed by atoms with E-state index in [1.165, 1.54) is 0 Å². The van der Waals surface area contributed by atoms with Crippen molar-refractivity contribution < 1.29 is 14.2 Å². The molecule has 7 heteroatoms. The highest BCUT2D eigenvalue weighted by molar-refractivity contribution is 5.96. The molecule has 1 aromatic carbocycles. The fourth-order valence-electron chi connectivity index (χ4n) is 1.86. The number of hydrogen-bond donors (Lipinski definition) is 2. The average molecular weight is 246 g/mol. The molecule has 1 aromatic heterocycles. The summed E-state index contributed by atoms with van der Waals surface area (Å²) in [5.41, 5.74) is 6.37. The van der Waals surface area contributed by atoms with Gasteiger partial charge in [0.15, 0.2) is 0 Å². The third kappa shape index (κ3) is 1.65. The minimum absolute atomic E-state index is 0.0145. The molecule has 2 heterocycles. The lowest BCUT2D eigenvalue weighted by Gasteiger charge is -2.09. The van der Waals surface area contributed by atoms with Crippen molar-refractivity contribution in [3.8, 4) is 5.75 Å². The fraction of sp³-hybridized carbons (Fsp3) is 0.182. The molecular formula is C11H10N4O3. The van der Waals surface area contributed by atoms with Crippen LogP contribution in [0.25, 0.3) is 0 Å². The van der Waals surface area contributed by atoms with Gasteiger partial charge in [-0.2, -0.15) is 0 Å². The second-order valence-electron chi connectivity index (χ2n) is 3.87. The van der Waals surface area contributed by atoms with Crippen LogP contribution in [0.3, 0.4) is 0 Å². The predicted octanol–water partition coefficient (Wildman–Crippen LogP) is 0.515. The Morgan fingerprint density at radius 3 is 3.00 bits per heavy atom. The molecular weight excluding hydrogens is 236 g/mol. The number of amides is 1. The standard InChI is InChI=1S/C11H10N4O3/c12-10-9(14-18-15-10)11(16)13-7-5-17-8-4-2-1-3-6(7)8/h1-4,7H,5H2,(H2,12,15)(H,13,16). The molecule has 92 valence electrons. The first kappa shape index (κ1) is 10.6. The van der Waals surface area contributed by atoms with Gasteiger partial charge in [0.25, 0.3) is 5.91 Å². The van der Waals surface area contributed by atoms with Gasteiger partial charge in [0.1, 0.15) is 12.4 Å². The lowest BCUT2D eigenvalue weighted by Crippen LogP contribution is -2.30. The SMILES string of the molecule is Nc1nonc1C(=O)NC1COc2ccccc21. The normalized spacial score (nSPS) is 17.0. The maximum atomic E-state index is 11.9. The number of hydrogen-bond acceptors (Lipinski definition) is 6. The number of aromatic nitrogens is 2. The van der Waals surface area contributed by atoms with Crippen molar-refractivity contribution >= 4 is 11.7 Å². The second-order valence-corrected chi connectivity index (χ2v) is 3.87. The molecule has 1 aliphatic rings. The van der Waals surface area contributed by atoms with Crippen LogP contribution in [0.5, 0.6) is 5.75 Å². The van der Waals surface area contributed by atoms with Crippen LogP contribution >= 0.6 is 0 Å². The zero-order valence-corrected chi connectivity index (χ0v) is 9.29. The largest absolute Gasteiger partial charge is 0.491 e. The minimum Gasteiger partial charge on any atom is -0.491 e. The van der Waals surface area contributed by atoms with Crippen LogP contribution in [-0.2, 0) is 0 Å². The van der Waals surface area contributed by atoms with Gasteiger partial charge in [-0.15, -0.1) is 0 Å². The van der Waals surface area contributed by atoms with Gasteiger partial charge < -0.3 is 15.8 Å². The van der Waals surface area contributed by atoms with Gasteiger partial charge in [0.05, 0.1) is 6.04 Å². The number of rotatable bonds is 2. The Bertz CT molecular complexity index is 595. The van der Waals surface area contributed by atoms with Crippen LogP contribution in [-0.4, -0.2) is 22.8 Å². The Hall–Kier alpha value is -2.57. The third-order valence-electron chi connectivity index (χ3n) is 2.73. The molecule has 1 unspecified atom stereocenters. The zero-order chi connectivity index (χ0) is 12.5. The number of nitrogens with zero attached hydrogens (tertiary/aromatic N) is 2. The second kappa shape index (κ2) is 4.02. The summed E-state index contributed by atoms with van der Waals surface area (Å²) < 4.78 is 9.84. The molecule has 18 heavy (non-hydrogen) atoms. The predicted molar refractivity (Wildman–Crippen MR) is 60.9 cm³/mol. The molecule has 0 fully saturated rings. The number of carbonyl (C=O) groups is 1. The fourth-order valence-corrected chi connectivity index (χ4v) is 1.86. The molecule has 0 spiro atoms. The Morgan fingerprint density at radius 1 is 1.39 bits per heavy atom. The van der Waals surface area contributed by atoms with Gasteiger partial charge >= 0.3 is 0 Å². The van der Waals surface area contributed by atoms with Crippen molar-refractivity contribution in [2.45, 2.75) is 6.04 Å². The van der Waals surface area contributed by atoms with Crippen LogP contribution < -0.4 is 15.8 Å². The molecule has 3 N–H and O–H groups in total. The first-order chi connectivity index (χ1) is 8.75. The molecule has 1 atom stereocenters. The van der Waals surface area contributed by atoms with Crippen LogP contribution in [0, 0.1) is 0 Å². The Morgan fingerprint density at radius 2 is 2.22 bits per heavy atom. The van der Waals surface area contributed by atoms with Crippen LogP contribution in [0.15, 0.2) is 28.9 Å². The van der Waals surface area contributed by atoms with Gasteiger partial charge in [-0.1, -0.05) is 18.2 Å². The van der Waals surface area contributed by atoms with Crippen molar-refractivity contribution in [2.24, 2.45) is 0 Å². The van der Waals surface area contributed by atoms with Crippen molar-refractivity contribution in [1.82, 2.24) is 15.6 Å². The first-order valence-electron chi connectivity index (χ1n) is 5.36. The first-order valence-corrected chi connectivity index (χ1v) is 5.36. The summed E-state index contributed by atoms with van der Waals surface area (Å²) in [6, 6.07) is 7.30. The van der Waals surface area contributed by atoms with Crippen molar-refractivity contribution in [2.75, 3.05) is 12.3 Å². The van der Waals surface area contributed by atoms with E-state index in [2.05, 4.69) is 20.3 Å². The van der Waals surface area contributed by atoms with Crippen LogP contribution in [0.4, 0.5) is 5.82 Å². The Kier molecular flexibility index (Phi) is 2.36. The maximum absolute atomic E-state index is 11.9. The molecule has 0 radical (unpaired) electrons. The molecule has 2 aromatic rings. The van der Waals surface area contributed by atoms with E-state index in [0.29, 0.717) is 6.61 Å². The quantitative estimate of drug-likeness (QED) is 0.800. The Balaban J connectivity index is 1.79. The smallest absolute Gasteiger partial charge is 0.278 e. The number of nitrogens with two attached hydrogens (primary N) is 1. The monoisotopic (exact) mass is 246 g/mol. The summed E-state index contributed by atoms with van der Waals surface area (Å²) in [6.07, 6.45) is 0. The number of anilines is 1. The number of nitrogens with one attached hydrogen (secondary N) is 1. The molecule has 0 saturated heterocycles. The summed E-state index contributed by atoms with van der Waals surface area (Å²) in [7, 11) is 0. The number of carbonyl (C=O) groups excluding carboxylic acids is 1. The van der Waals surface area contributed by atoms with Gasteiger partial charge in [-0.3, -0.25) is 4.79 Å². The van der Waals surface area contributed by atoms with Crippen molar-refractivity contribution in [1.29, 1.82) is 0 Å². The van der Waals surface area contributed by atoms with Crippen molar-refractivity contribution in [3.05, 3.63) is 35.5 Å². The highest BCUT2D eigenvalue weighted by Gasteiger charge is 2.27. The topological polar surface area (TPSA) is 103 Å². The maximum Gasteiger partial charge on any atom is 0.278 e. The van der Waals surface area contributed by atoms with E-state index >= 15 is 0 Å². The van der Waals surface area contributed by atoms with Crippen molar-refractivity contribution in [3.63, 3.8) is 0 Å². The highest BCUT2D eigenvalue weighted by atomic mass is 16.6. The molecule has 0 aliphatic carbocycles. The number of benzene rings is 1. The Labute approximate surface area is 102 Å². The number of nitrogen functional groups attached to an aromatic ring is 1. The van der Waals surface area contributed by atoms with E-state index in [0.717, 1.165) is 11.3 Å². The van der Waals surface area contributed by atoms with E-state index in [4.69, 9.17) is 10.5 Å². The summed E-state index contributed by atoms with van der Waals surface area (Å²) in [5.74, 6) is 0.313. The lowest BCUT2D eigenvalue weighted by molar-refractivity contribution is 0.0921. The van der Waals surface area contributed by atoms with E-state index in [1.807, 2.05) is 24.3 Å². The number of ether oxygens (including phenoxy) is 1. The van der Waals surface area contributed by atoms with Crippen LogP contribution in [0.2, 0.25) is 0 Å². The minimum atomic E-state index is -0.431. The summed E-state index contributed by atoms with van der Waals surface area (Å²) in [6.45, 7) is 0.385. The van der Waals surface area contributed by atoms with E-state index in [1.54, 1.807) is 0 Å². The molecule has 0 bridgehead atoms. The molecule has 1 amide bonds. The summed E-state index contributed by atoms with van der Waals surface area (Å²) in [5, 5.41) is 9.58. The van der Waals surface area contributed by atoms with E-state index in [9.17, 15) is 4.79 Å². The average Bonchev–Trinajstić information content (AvgIpc) is 2.97. The van der Waals surface area contributed by atoms with Gasteiger partial charge in [-0.25, -0.2) is 4.63 Å². The lowest BCUT2D eigenvalue weighted by atomic mass is 10.1. The molecule has 3 rings (SSSR count). The van der Waals surface area contributed by atoms with E-state index < -0.39 is 5.91 Å². The zero-order valence-electron chi connectivity index (χ0n) is 9.29. The molecule has 7 nitrogen and oxygen atoms in total. The molecule has 0 saturated carbocycles. The highest BCUT2D eigenvalue weighted by Crippen LogP contribution is 2.31. The van der Waals surface area contributed by atoms with Gasteiger partial charge in [-0.05, 0) is 16.4 Å². The van der Waals surface area contributed by atoms with E-state index in [-0.39, 0.29) is 17.6 Å².